The fourth-order valence-electron chi connectivity index (χ4n) is 1.47. The molecule has 0 heterocycles. The lowest BCUT2D eigenvalue weighted by molar-refractivity contribution is 1.11. The normalized spacial score (nSPS) is 10.0. The lowest BCUT2D eigenvalue weighted by Crippen LogP contribution is -2.22. The zero-order valence-electron chi connectivity index (χ0n) is 8.52. The largest absolute Gasteiger partial charge is 0.169 e. The molecule has 12 heavy (non-hydrogen) atoms. The maximum absolute atomic E-state index is 2.31. The van der Waals surface area contributed by atoms with Gasteiger partial charge in [0, 0.05) is 0 Å². The number of aryl methyl sites for hydroxylation is 2. The lowest BCUT2D eigenvalue weighted by atomic mass is 9.49. The highest BCUT2D eigenvalue weighted by atomic mass is 14.0. The van der Waals surface area contributed by atoms with Crippen molar-refractivity contribution in [3.05, 3.63) is 29.3 Å². The zero-order valence-corrected chi connectivity index (χ0v) is 8.52. The highest BCUT2D eigenvalue weighted by Gasteiger charge is 2.03. The van der Waals surface area contributed by atoms with E-state index in [9.17, 15) is 0 Å². The minimum Gasteiger partial charge on any atom is -0.0819 e. The molecule has 0 amide bonds. The Morgan fingerprint density at radius 3 is 2.33 bits per heavy atom. The van der Waals surface area contributed by atoms with Crippen molar-refractivity contribution < 1.29 is 0 Å². The Hall–Kier alpha value is -0.715. The van der Waals surface area contributed by atoms with Gasteiger partial charge in [0.05, 0.1) is 0 Å². The molecule has 1 heteroatoms. The lowest BCUT2D eigenvalue weighted by Gasteiger charge is -2.07. The van der Waals surface area contributed by atoms with Gasteiger partial charge in [0.15, 0.2) is 6.71 Å². The first kappa shape index (κ1) is 9.37. The van der Waals surface area contributed by atoms with Crippen LogP contribution in [0.2, 0.25) is 13.6 Å². The van der Waals surface area contributed by atoms with Crippen LogP contribution in [0.3, 0.4) is 0 Å². The van der Waals surface area contributed by atoms with E-state index in [2.05, 4.69) is 45.7 Å². The first-order valence-corrected chi connectivity index (χ1v) is 4.74. The fraction of sp³-hybridized carbons (Fsp3) is 0.455. The molecule has 1 rings (SSSR count). The van der Waals surface area contributed by atoms with E-state index in [1.807, 2.05) is 0 Å². The standard InChI is InChI=1S/C11H17B/c1-5-10-6-7-11(12(3)4)8-9(10)2/h6-8H,5H2,1-4H3. The van der Waals surface area contributed by atoms with Crippen LogP contribution in [-0.2, 0) is 6.42 Å². The fourth-order valence-corrected chi connectivity index (χ4v) is 1.47. The third kappa shape index (κ3) is 1.91. The molecule has 0 spiro atoms. The second kappa shape index (κ2) is 3.80. The maximum Gasteiger partial charge on any atom is 0.169 e. The maximum atomic E-state index is 2.31. The molecule has 0 saturated carbocycles. The summed E-state index contributed by atoms with van der Waals surface area (Å²) in [5.41, 5.74) is 4.35. The summed E-state index contributed by atoms with van der Waals surface area (Å²) in [5.74, 6) is 0. The molecular weight excluding hydrogens is 143 g/mol. The van der Waals surface area contributed by atoms with E-state index in [1.165, 1.54) is 16.6 Å². The van der Waals surface area contributed by atoms with Crippen LogP contribution in [0, 0.1) is 6.92 Å². The van der Waals surface area contributed by atoms with Gasteiger partial charge in [-0.2, -0.15) is 0 Å². The molecule has 0 radical (unpaired) electrons. The van der Waals surface area contributed by atoms with Crippen molar-refractivity contribution in [2.75, 3.05) is 0 Å². The second-order valence-corrected chi connectivity index (χ2v) is 3.69. The molecule has 64 valence electrons. The summed E-state index contributed by atoms with van der Waals surface area (Å²) in [6.07, 6.45) is 1.14. The van der Waals surface area contributed by atoms with E-state index < -0.39 is 0 Å². The molecule has 1 aromatic rings. The molecule has 0 aliphatic rings. The highest BCUT2D eigenvalue weighted by molar-refractivity contribution is 6.70. The Kier molecular flexibility index (Phi) is 2.96. The van der Waals surface area contributed by atoms with E-state index in [1.54, 1.807) is 0 Å². The zero-order chi connectivity index (χ0) is 9.14. The van der Waals surface area contributed by atoms with Gasteiger partial charge in [0.1, 0.15) is 0 Å². The summed E-state index contributed by atoms with van der Waals surface area (Å²) in [7, 11) is 0. The minimum absolute atomic E-state index is 0.648. The Morgan fingerprint density at radius 2 is 1.92 bits per heavy atom. The predicted molar refractivity (Wildman–Crippen MR) is 57.7 cm³/mol. The average molecular weight is 160 g/mol. The van der Waals surface area contributed by atoms with Crippen molar-refractivity contribution in [1.82, 2.24) is 0 Å². The van der Waals surface area contributed by atoms with Crippen molar-refractivity contribution in [3.63, 3.8) is 0 Å². The number of benzene rings is 1. The van der Waals surface area contributed by atoms with Crippen LogP contribution in [0.15, 0.2) is 18.2 Å². The van der Waals surface area contributed by atoms with Gasteiger partial charge in [-0.25, -0.2) is 0 Å². The molecule has 0 N–H and O–H groups in total. The second-order valence-electron chi connectivity index (χ2n) is 3.69. The average Bonchev–Trinajstić information content (AvgIpc) is 2.04. The molecule has 1 aromatic carbocycles. The van der Waals surface area contributed by atoms with Crippen molar-refractivity contribution in [1.29, 1.82) is 0 Å². The van der Waals surface area contributed by atoms with E-state index >= 15 is 0 Å². The third-order valence-corrected chi connectivity index (χ3v) is 2.41. The first-order valence-electron chi connectivity index (χ1n) is 4.74. The van der Waals surface area contributed by atoms with Crippen LogP contribution in [0.1, 0.15) is 18.1 Å². The van der Waals surface area contributed by atoms with Gasteiger partial charge in [0.2, 0.25) is 0 Å². The molecule has 0 nitrogen and oxygen atoms in total. The molecule has 0 unspecified atom stereocenters. The van der Waals surface area contributed by atoms with E-state index in [0.717, 1.165) is 6.42 Å². The van der Waals surface area contributed by atoms with Crippen molar-refractivity contribution in [2.45, 2.75) is 33.9 Å². The van der Waals surface area contributed by atoms with Crippen molar-refractivity contribution in [3.8, 4) is 0 Å². The van der Waals surface area contributed by atoms with Crippen molar-refractivity contribution in [2.24, 2.45) is 0 Å². The summed E-state index contributed by atoms with van der Waals surface area (Å²) in [6.45, 7) is 9.53. The molecule has 0 aromatic heterocycles. The third-order valence-electron chi connectivity index (χ3n) is 2.41. The van der Waals surface area contributed by atoms with Gasteiger partial charge in [-0.05, 0) is 24.5 Å². The molecular formula is C11H17B. The number of rotatable bonds is 2. The molecule has 0 bridgehead atoms. The molecule has 0 fully saturated rings. The summed E-state index contributed by atoms with van der Waals surface area (Å²) < 4.78 is 0. The van der Waals surface area contributed by atoms with Crippen LogP contribution in [0.4, 0.5) is 0 Å². The topological polar surface area (TPSA) is 0 Å². The van der Waals surface area contributed by atoms with E-state index in [4.69, 9.17) is 0 Å². The van der Waals surface area contributed by atoms with Crippen LogP contribution in [0.5, 0.6) is 0 Å². The molecule has 0 atom stereocenters. The number of hydrogen-bond acceptors (Lipinski definition) is 0. The quantitative estimate of drug-likeness (QED) is 0.583. The van der Waals surface area contributed by atoms with Gasteiger partial charge >= 0.3 is 0 Å². The number of hydrogen-bond donors (Lipinski definition) is 0. The SMILES string of the molecule is CCc1ccc(B(C)C)cc1C. The van der Waals surface area contributed by atoms with Crippen LogP contribution >= 0.6 is 0 Å². The minimum atomic E-state index is 0.648. The van der Waals surface area contributed by atoms with Gasteiger partial charge in [0.25, 0.3) is 0 Å². The van der Waals surface area contributed by atoms with Crippen LogP contribution in [0.25, 0.3) is 0 Å². The van der Waals surface area contributed by atoms with Crippen LogP contribution < -0.4 is 5.46 Å². The first-order chi connectivity index (χ1) is 5.65. The Bertz CT molecular complexity index is 264. The highest BCUT2D eigenvalue weighted by Crippen LogP contribution is 2.06. The van der Waals surface area contributed by atoms with Gasteiger partial charge < -0.3 is 0 Å². The van der Waals surface area contributed by atoms with Crippen LogP contribution in [-0.4, -0.2) is 6.71 Å². The smallest absolute Gasteiger partial charge is 0.0819 e. The molecule has 0 saturated heterocycles. The Labute approximate surface area is 76.1 Å². The van der Waals surface area contributed by atoms with E-state index in [-0.39, 0.29) is 0 Å². The molecule has 0 aliphatic heterocycles. The summed E-state index contributed by atoms with van der Waals surface area (Å²) >= 11 is 0. The summed E-state index contributed by atoms with van der Waals surface area (Å²) in [5, 5.41) is 0. The summed E-state index contributed by atoms with van der Waals surface area (Å²) in [6, 6.07) is 6.81. The monoisotopic (exact) mass is 160 g/mol. The summed E-state index contributed by atoms with van der Waals surface area (Å²) in [4.78, 5) is 0. The molecule has 0 aliphatic carbocycles. The Morgan fingerprint density at radius 1 is 1.25 bits per heavy atom. The predicted octanol–water partition coefficient (Wildman–Crippen LogP) is 2.52. The van der Waals surface area contributed by atoms with E-state index in [0.29, 0.717) is 6.71 Å². The Balaban J connectivity index is 3.02. The van der Waals surface area contributed by atoms with Gasteiger partial charge in [-0.15, -0.1) is 0 Å². The van der Waals surface area contributed by atoms with Crippen molar-refractivity contribution >= 4 is 12.2 Å². The van der Waals surface area contributed by atoms with Gasteiger partial charge in [-0.3, -0.25) is 0 Å². The van der Waals surface area contributed by atoms with Gasteiger partial charge in [-0.1, -0.05) is 44.2 Å².